The van der Waals surface area contributed by atoms with Crippen LogP contribution in [0.25, 0.3) is 11.0 Å². The average Bonchev–Trinajstić information content (AvgIpc) is 3.20. The van der Waals surface area contributed by atoms with Crippen molar-refractivity contribution in [3.05, 3.63) is 63.0 Å². The highest BCUT2D eigenvalue weighted by Gasteiger charge is 2.27. The number of aliphatic hydroxyl groups excluding tert-OH is 1. The van der Waals surface area contributed by atoms with Crippen LogP contribution in [0.2, 0.25) is 0 Å². The van der Waals surface area contributed by atoms with Crippen LogP contribution in [0.4, 0.5) is 4.39 Å². The van der Waals surface area contributed by atoms with Crippen molar-refractivity contribution >= 4 is 11.0 Å². The molecule has 0 spiro atoms. The van der Waals surface area contributed by atoms with Gasteiger partial charge in [-0.1, -0.05) is 11.2 Å². The fourth-order valence-electron chi connectivity index (χ4n) is 5.19. The monoisotopic (exact) mass is 425 g/mol. The quantitative estimate of drug-likeness (QED) is 0.690. The number of hydrogen-bond donors (Lipinski definition) is 1. The van der Waals surface area contributed by atoms with Gasteiger partial charge in [-0.2, -0.15) is 0 Å². The van der Waals surface area contributed by atoms with E-state index in [1.807, 2.05) is 13.0 Å². The Morgan fingerprint density at radius 2 is 2.03 bits per heavy atom. The zero-order chi connectivity index (χ0) is 21.5. The van der Waals surface area contributed by atoms with Gasteiger partial charge in [0.1, 0.15) is 5.82 Å². The molecule has 0 saturated carbocycles. The Balaban J connectivity index is 1.25. The van der Waals surface area contributed by atoms with E-state index in [9.17, 15) is 14.3 Å². The second-order valence-corrected chi connectivity index (χ2v) is 8.89. The molecule has 2 aliphatic rings. The Morgan fingerprint density at radius 3 is 2.84 bits per heavy atom. The molecule has 0 bridgehead atoms. The second-order valence-electron chi connectivity index (χ2n) is 8.89. The normalized spacial score (nSPS) is 20.3. The number of hydrogen-bond acceptors (Lipinski definition) is 5. The summed E-state index contributed by atoms with van der Waals surface area (Å²) in [6.07, 6.45) is 3.51. The van der Waals surface area contributed by atoms with Crippen molar-refractivity contribution in [3.8, 4) is 0 Å². The molecular formula is C24H28FN3O3. The second kappa shape index (κ2) is 8.20. The highest BCUT2D eigenvalue weighted by atomic mass is 19.1. The number of halogens is 1. The van der Waals surface area contributed by atoms with Gasteiger partial charge in [0, 0.05) is 30.3 Å². The molecule has 0 radical (unpaired) electrons. The van der Waals surface area contributed by atoms with Gasteiger partial charge in [0.2, 0.25) is 0 Å². The van der Waals surface area contributed by atoms with Crippen molar-refractivity contribution < 1.29 is 14.0 Å². The minimum Gasteiger partial charge on any atom is -0.387 e. The molecule has 5 rings (SSSR count). The summed E-state index contributed by atoms with van der Waals surface area (Å²) >= 11 is 0. The maximum atomic E-state index is 14.3. The molecule has 4 heterocycles. The summed E-state index contributed by atoms with van der Waals surface area (Å²) in [5, 5.41) is 14.9. The number of fused-ring (bicyclic) bond motifs is 2. The number of aromatic nitrogens is 2. The fraction of sp³-hybridized carbons (Fsp3) is 0.500. The first kappa shape index (κ1) is 20.4. The average molecular weight is 426 g/mol. The van der Waals surface area contributed by atoms with Gasteiger partial charge < -0.3 is 19.1 Å². The van der Waals surface area contributed by atoms with Gasteiger partial charge in [-0.25, -0.2) is 4.39 Å². The number of aliphatic hydroxyl groups is 1. The number of piperidine rings is 1. The van der Waals surface area contributed by atoms with Gasteiger partial charge in [0.25, 0.3) is 5.56 Å². The van der Waals surface area contributed by atoms with E-state index in [1.165, 1.54) is 6.07 Å². The van der Waals surface area contributed by atoms with E-state index < -0.39 is 6.10 Å². The number of benzene rings is 1. The van der Waals surface area contributed by atoms with Gasteiger partial charge >= 0.3 is 0 Å². The highest BCUT2D eigenvalue weighted by molar-refractivity contribution is 5.80. The summed E-state index contributed by atoms with van der Waals surface area (Å²) in [6.45, 7) is 5.25. The van der Waals surface area contributed by atoms with E-state index in [0.717, 1.165) is 67.8 Å². The lowest BCUT2D eigenvalue weighted by atomic mass is 9.91. The third kappa shape index (κ3) is 3.70. The Kier molecular flexibility index (Phi) is 5.40. The van der Waals surface area contributed by atoms with Crippen LogP contribution in [0.5, 0.6) is 0 Å². The van der Waals surface area contributed by atoms with Crippen LogP contribution in [0.3, 0.4) is 0 Å². The van der Waals surface area contributed by atoms with Crippen LogP contribution in [0.15, 0.2) is 33.6 Å². The van der Waals surface area contributed by atoms with Gasteiger partial charge in [-0.05, 0) is 75.9 Å². The molecular weight excluding hydrogens is 397 g/mol. The van der Waals surface area contributed by atoms with Gasteiger partial charge in [0.15, 0.2) is 5.58 Å². The van der Waals surface area contributed by atoms with E-state index in [4.69, 9.17) is 4.52 Å². The first-order valence-corrected chi connectivity index (χ1v) is 11.2. The van der Waals surface area contributed by atoms with Crippen LogP contribution >= 0.6 is 0 Å². The Bertz CT molecular complexity index is 1160. The fourth-order valence-corrected chi connectivity index (χ4v) is 5.19. The summed E-state index contributed by atoms with van der Waals surface area (Å²) in [7, 11) is 0. The van der Waals surface area contributed by atoms with Crippen LogP contribution < -0.4 is 5.56 Å². The lowest BCUT2D eigenvalue weighted by Crippen LogP contribution is -2.37. The number of aryl methyl sites for hydroxylation is 1. The van der Waals surface area contributed by atoms with Crippen molar-refractivity contribution in [3.63, 3.8) is 0 Å². The standard InChI is InChI=1S/C24H28FN3O3/c1-15-14-19-20(29)5-3-10-28(19)24(30)17(15)9-13-27-11-7-16(8-12-27)23-22-18(25)4-2-6-21(22)31-26-23/h2,4,6,14,16,20,29H,3,5,7-13H2,1H3. The molecule has 0 amide bonds. The summed E-state index contributed by atoms with van der Waals surface area (Å²) in [5.41, 5.74) is 3.86. The Hall–Kier alpha value is -2.51. The van der Waals surface area contributed by atoms with Gasteiger partial charge in [-0.15, -0.1) is 0 Å². The van der Waals surface area contributed by atoms with E-state index >= 15 is 0 Å². The third-order valence-corrected chi connectivity index (χ3v) is 6.98. The first-order valence-electron chi connectivity index (χ1n) is 11.2. The zero-order valence-electron chi connectivity index (χ0n) is 17.8. The Labute approximate surface area is 180 Å². The third-order valence-electron chi connectivity index (χ3n) is 6.98. The number of pyridine rings is 1. The lowest BCUT2D eigenvalue weighted by Gasteiger charge is -2.31. The largest absolute Gasteiger partial charge is 0.387 e. The van der Waals surface area contributed by atoms with E-state index in [-0.39, 0.29) is 17.3 Å². The zero-order valence-corrected chi connectivity index (χ0v) is 17.8. The van der Waals surface area contributed by atoms with Crippen LogP contribution in [-0.4, -0.2) is 39.4 Å². The molecule has 164 valence electrons. The Morgan fingerprint density at radius 1 is 1.23 bits per heavy atom. The number of rotatable bonds is 4. The van der Waals surface area contributed by atoms with Crippen molar-refractivity contribution in [2.24, 2.45) is 0 Å². The predicted octanol–water partition coefficient (Wildman–Crippen LogP) is 3.69. The predicted molar refractivity (Wildman–Crippen MR) is 116 cm³/mol. The van der Waals surface area contributed by atoms with Crippen LogP contribution in [0, 0.1) is 12.7 Å². The molecule has 1 saturated heterocycles. The molecule has 0 aliphatic carbocycles. The first-order chi connectivity index (χ1) is 15.0. The molecule has 2 aliphatic heterocycles. The molecule has 1 unspecified atom stereocenters. The molecule has 2 aromatic heterocycles. The molecule has 1 N–H and O–H groups in total. The lowest BCUT2D eigenvalue weighted by molar-refractivity contribution is 0.136. The topological polar surface area (TPSA) is 71.5 Å². The molecule has 1 aromatic carbocycles. The van der Waals surface area contributed by atoms with E-state index in [1.54, 1.807) is 16.7 Å². The SMILES string of the molecule is Cc1cc2n(c(=O)c1CCN1CCC(c3noc4cccc(F)c34)CC1)CCCC2O. The van der Waals surface area contributed by atoms with E-state index in [2.05, 4.69) is 10.1 Å². The summed E-state index contributed by atoms with van der Waals surface area (Å²) in [4.78, 5) is 15.4. The van der Waals surface area contributed by atoms with Crippen LogP contribution in [0.1, 0.15) is 60.2 Å². The molecule has 3 aromatic rings. The van der Waals surface area contributed by atoms with Crippen molar-refractivity contribution in [2.45, 2.75) is 57.6 Å². The summed E-state index contributed by atoms with van der Waals surface area (Å²) in [6, 6.07) is 6.83. The molecule has 1 atom stereocenters. The number of likely N-dealkylation sites (tertiary alicyclic amines) is 1. The minimum atomic E-state index is -0.536. The maximum absolute atomic E-state index is 14.3. The summed E-state index contributed by atoms with van der Waals surface area (Å²) in [5.74, 6) is -0.0864. The number of nitrogens with zero attached hydrogens (tertiary/aromatic N) is 3. The maximum Gasteiger partial charge on any atom is 0.254 e. The molecule has 1 fully saturated rings. The van der Waals surface area contributed by atoms with Crippen LogP contribution in [-0.2, 0) is 13.0 Å². The van der Waals surface area contributed by atoms with Gasteiger partial charge in [0.05, 0.1) is 17.2 Å². The summed E-state index contributed by atoms with van der Waals surface area (Å²) < 4.78 is 21.4. The smallest absolute Gasteiger partial charge is 0.254 e. The van der Waals surface area contributed by atoms with Gasteiger partial charge in [-0.3, -0.25) is 4.79 Å². The molecule has 6 nitrogen and oxygen atoms in total. The van der Waals surface area contributed by atoms with Crippen molar-refractivity contribution in [2.75, 3.05) is 19.6 Å². The molecule has 7 heteroatoms. The molecule has 31 heavy (non-hydrogen) atoms. The van der Waals surface area contributed by atoms with Crippen molar-refractivity contribution in [1.82, 2.24) is 14.6 Å². The van der Waals surface area contributed by atoms with E-state index in [0.29, 0.717) is 23.9 Å². The van der Waals surface area contributed by atoms with Crippen molar-refractivity contribution in [1.29, 1.82) is 0 Å². The minimum absolute atomic E-state index is 0.0492. The highest BCUT2D eigenvalue weighted by Crippen LogP contribution is 2.34.